The Bertz CT molecular complexity index is 375. The third kappa shape index (κ3) is 3.70. The fourth-order valence-corrected chi connectivity index (χ4v) is 2.44. The highest BCUT2D eigenvalue weighted by molar-refractivity contribution is 6.31. The Kier molecular flexibility index (Phi) is 6.12. The number of rotatable bonds is 7. The van der Waals surface area contributed by atoms with Gasteiger partial charge >= 0.3 is 0 Å². The molecule has 0 aliphatic carbocycles. The molecule has 1 aromatic rings. The Balaban J connectivity index is 2.46. The molecule has 4 nitrogen and oxygen atoms in total. The average molecular weight is 274 g/mol. The van der Waals surface area contributed by atoms with Gasteiger partial charge in [-0.25, -0.2) is 0 Å². The first-order valence-corrected chi connectivity index (χ1v) is 6.95. The molecule has 0 spiro atoms. The highest BCUT2D eigenvalue weighted by Crippen LogP contribution is 2.19. The zero-order valence-electron chi connectivity index (χ0n) is 11.7. The van der Waals surface area contributed by atoms with Crippen molar-refractivity contribution in [2.24, 2.45) is 13.0 Å². The third-order valence-electron chi connectivity index (χ3n) is 3.50. The molecule has 1 unspecified atom stereocenters. The lowest BCUT2D eigenvalue weighted by molar-refractivity contribution is 0.101. The van der Waals surface area contributed by atoms with Crippen LogP contribution in [-0.2, 0) is 13.6 Å². The number of halogens is 1. The van der Waals surface area contributed by atoms with Crippen LogP contribution in [0.25, 0.3) is 0 Å². The van der Waals surface area contributed by atoms with E-state index in [0.29, 0.717) is 24.0 Å². The van der Waals surface area contributed by atoms with E-state index in [9.17, 15) is 5.11 Å². The van der Waals surface area contributed by atoms with Crippen molar-refractivity contribution >= 4 is 11.6 Å². The van der Waals surface area contributed by atoms with E-state index < -0.39 is 0 Å². The van der Waals surface area contributed by atoms with E-state index >= 15 is 0 Å². The van der Waals surface area contributed by atoms with Crippen LogP contribution in [0.4, 0.5) is 0 Å². The number of aryl methyl sites for hydroxylation is 2. The van der Waals surface area contributed by atoms with Crippen LogP contribution in [0.2, 0.25) is 5.02 Å². The molecule has 0 amide bonds. The molecule has 0 aliphatic rings. The van der Waals surface area contributed by atoms with Gasteiger partial charge in [0.15, 0.2) is 0 Å². The molecule has 0 saturated heterocycles. The van der Waals surface area contributed by atoms with Gasteiger partial charge < -0.3 is 10.4 Å². The molecule has 0 bridgehead atoms. The van der Waals surface area contributed by atoms with E-state index in [2.05, 4.69) is 24.3 Å². The van der Waals surface area contributed by atoms with Crippen molar-refractivity contribution in [2.75, 3.05) is 6.54 Å². The second-order valence-corrected chi connectivity index (χ2v) is 5.12. The first kappa shape index (κ1) is 15.5. The zero-order chi connectivity index (χ0) is 13.7. The van der Waals surface area contributed by atoms with Gasteiger partial charge in [-0.05, 0) is 12.8 Å². The fraction of sp³-hybridized carbons (Fsp3) is 0.769. The summed E-state index contributed by atoms with van der Waals surface area (Å²) in [6.45, 7) is 7.34. The molecule has 1 heterocycles. The Morgan fingerprint density at radius 1 is 1.39 bits per heavy atom. The van der Waals surface area contributed by atoms with Gasteiger partial charge in [-0.15, -0.1) is 0 Å². The van der Waals surface area contributed by atoms with E-state index in [1.807, 2.05) is 14.0 Å². The minimum absolute atomic E-state index is 0.298. The molecule has 18 heavy (non-hydrogen) atoms. The summed E-state index contributed by atoms with van der Waals surface area (Å²) in [6.07, 6.45) is 1.71. The molecule has 104 valence electrons. The molecule has 1 rings (SSSR count). The summed E-state index contributed by atoms with van der Waals surface area (Å²) in [4.78, 5) is 0. The van der Waals surface area contributed by atoms with Crippen LogP contribution in [0.5, 0.6) is 0 Å². The summed E-state index contributed by atoms with van der Waals surface area (Å²) in [6, 6.07) is 0. The topological polar surface area (TPSA) is 50.1 Å². The molecule has 2 N–H and O–H groups in total. The van der Waals surface area contributed by atoms with E-state index in [-0.39, 0.29) is 6.10 Å². The van der Waals surface area contributed by atoms with E-state index in [4.69, 9.17) is 11.6 Å². The molecular weight excluding hydrogens is 250 g/mol. The number of aromatic nitrogens is 2. The van der Waals surface area contributed by atoms with Gasteiger partial charge in [0.1, 0.15) is 0 Å². The van der Waals surface area contributed by atoms with Crippen molar-refractivity contribution in [1.82, 2.24) is 15.1 Å². The smallest absolute Gasteiger partial charge is 0.0860 e. The van der Waals surface area contributed by atoms with Gasteiger partial charge in [-0.1, -0.05) is 38.3 Å². The molecule has 0 fully saturated rings. The summed E-state index contributed by atoms with van der Waals surface area (Å²) in [5.74, 6) is 0.362. The van der Waals surface area contributed by atoms with Crippen molar-refractivity contribution in [2.45, 2.75) is 46.3 Å². The Morgan fingerprint density at radius 2 is 2.00 bits per heavy atom. The van der Waals surface area contributed by atoms with Crippen LogP contribution < -0.4 is 5.32 Å². The summed E-state index contributed by atoms with van der Waals surface area (Å²) in [5.41, 5.74) is 1.81. The van der Waals surface area contributed by atoms with Gasteiger partial charge in [0, 0.05) is 20.1 Å². The van der Waals surface area contributed by atoms with Gasteiger partial charge in [0.25, 0.3) is 0 Å². The lowest BCUT2D eigenvalue weighted by atomic mass is 9.96. The predicted molar refractivity (Wildman–Crippen MR) is 74.7 cm³/mol. The van der Waals surface area contributed by atoms with E-state index in [1.54, 1.807) is 4.68 Å². The Labute approximate surface area is 114 Å². The Morgan fingerprint density at radius 3 is 2.44 bits per heavy atom. The van der Waals surface area contributed by atoms with Gasteiger partial charge in [-0.3, -0.25) is 4.68 Å². The van der Waals surface area contributed by atoms with Crippen LogP contribution in [-0.4, -0.2) is 27.5 Å². The lowest BCUT2D eigenvalue weighted by Crippen LogP contribution is -2.32. The van der Waals surface area contributed by atoms with Crippen LogP contribution in [0.15, 0.2) is 0 Å². The number of hydrogen-bond donors (Lipinski definition) is 2. The van der Waals surface area contributed by atoms with E-state index in [0.717, 1.165) is 24.2 Å². The summed E-state index contributed by atoms with van der Waals surface area (Å²) < 4.78 is 1.79. The molecular formula is C13H24ClN3O. The van der Waals surface area contributed by atoms with Crippen molar-refractivity contribution < 1.29 is 5.11 Å². The monoisotopic (exact) mass is 273 g/mol. The highest BCUT2D eigenvalue weighted by Gasteiger charge is 2.16. The minimum atomic E-state index is -0.298. The quantitative estimate of drug-likeness (QED) is 0.801. The Hall–Kier alpha value is -0.580. The zero-order valence-corrected chi connectivity index (χ0v) is 12.5. The first-order chi connectivity index (χ1) is 8.51. The second kappa shape index (κ2) is 7.12. The number of aliphatic hydroxyl groups is 1. The maximum atomic E-state index is 10.0. The summed E-state index contributed by atoms with van der Waals surface area (Å²) in [7, 11) is 1.88. The average Bonchev–Trinajstić information content (AvgIpc) is 2.57. The summed E-state index contributed by atoms with van der Waals surface area (Å²) >= 11 is 6.16. The fourth-order valence-electron chi connectivity index (χ4n) is 2.21. The van der Waals surface area contributed by atoms with Gasteiger partial charge in [0.2, 0.25) is 0 Å². The van der Waals surface area contributed by atoms with Crippen molar-refractivity contribution in [1.29, 1.82) is 0 Å². The maximum absolute atomic E-state index is 10.0. The van der Waals surface area contributed by atoms with Crippen LogP contribution in [0, 0.1) is 12.8 Å². The summed E-state index contributed by atoms with van der Waals surface area (Å²) in [5, 5.41) is 18.2. The maximum Gasteiger partial charge on any atom is 0.0860 e. The molecule has 0 aromatic carbocycles. The largest absolute Gasteiger partial charge is 0.392 e. The number of nitrogens with zero attached hydrogens (tertiary/aromatic N) is 2. The second-order valence-electron chi connectivity index (χ2n) is 4.74. The SMILES string of the molecule is CCC(CC)C(O)CNCc1c(Cl)c(C)nn1C. The molecule has 1 aromatic heterocycles. The molecule has 0 aliphatic heterocycles. The number of nitrogens with one attached hydrogen (secondary N) is 1. The third-order valence-corrected chi connectivity index (χ3v) is 3.99. The van der Waals surface area contributed by atoms with Crippen LogP contribution in [0.1, 0.15) is 38.1 Å². The van der Waals surface area contributed by atoms with Gasteiger partial charge in [-0.2, -0.15) is 5.10 Å². The van der Waals surface area contributed by atoms with Crippen LogP contribution in [0.3, 0.4) is 0 Å². The molecule has 5 heteroatoms. The first-order valence-electron chi connectivity index (χ1n) is 6.57. The highest BCUT2D eigenvalue weighted by atomic mass is 35.5. The van der Waals surface area contributed by atoms with E-state index in [1.165, 1.54) is 0 Å². The number of hydrogen-bond acceptors (Lipinski definition) is 3. The predicted octanol–water partition coefficient (Wildman–Crippen LogP) is 2.27. The normalized spacial score (nSPS) is 13.3. The molecule has 0 saturated carbocycles. The van der Waals surface area contributed by atoms with Gasteiger partial charge in [0.05, 0.1) is 22.5 Å². The van der Waals surface area contributed by atoms with Crippen molar-refractivity contribution in [3.63, 3.8) is 0 Å². The molecule has 1 atom stereocenters. The lowest BCUT2D eigenvalue weighted by Gasteiger charge is -2.20. The van der Waals surface area contributed by atoms with Crippen molar-refractivity contribution in [3.8, 4) is 0 Å². The van der Waals surface area contributed by atoms with Crippen LogP contribution >= 0.6 is 11.6 Å². The van der Waals surface area contributed by atoms with Crippen molar-refractivity contribution in [3.05, 3.63) is 16.4 Å². The number of aliphatic hydroxyl groups excluding tert-OH is 1. The molecule has 0 radical (unpaired) electrons. The standard InChI is InChI=1S/C13H24ClN3O/c1-5-10(6-2)12(18)8-15-7-11-13(14)9(3)16-17(11)4/h10,12,15,18H,5-8H2,1-4H3. The minimum Gasteiger partial charge on any atom is -0.392 e.